The lowest BCUT2D eigenvalue weighted by Crippen LogP contribution is -2.51. The molecule has 1 N–H and O–H groups in total. The Hall–Kier alpha value is -2.78. The van der Waals surface area contributed by atoms with Gasteiger partial charge in [-0.2, -0.15) is 0 Å². The van der Waals surface area contributed by atoms with Crippen LogP contribution in [0.1, 0.15) is 55.6 Å². The average molecular weight is 563 g/mol. The Morgan fingerprint density at radius 1 is 1.22 bits per heavy atom. The van der Waals surface area contributed by atoms with Crippen LogP contribution >= 0.6 is 15.9 Å². The number of nitrogens with zero attached hydrogens (tertiary/aromatic N) is 2. The largest absolute Gasteiger partial charge is 0.444 e. The Bertz CT molecular complexity index is 1300. The molecule has 3 aromatic rings. The molecule has 1 aliphatic heterocycles. The van der Waals surface area contributed by atoms with E-state index in [1.807, 2.05) is 32.0 Å². The number of hydrogen-bond acceptors (Lipinski definition) is 5. The Morgan fingerprint density at radius 3 is 2.61 bits per heavy atom. The quantitative estimate of drug-likeness (QED) is 0.388. The van der Waals surface area contributed by atoms with Gasteiger partial charge in [0.25, 0.3) is 0 Å². The van der Waals surface area contributed by atoms with Gasteiger partial charge in [0.05, 0.1) is 10.4 Å². The molecular formula is C27H29BrF2N2O4. The van der Waals surface area contributed by atoms with Crippen molar-refractivity contribution in [3.05, 3.63) is 75.0 Å². The van der Waals surface area contributed by atoms with Crippen LogP contribution < -0.4 is 0 Å². The van der Waals surface area contributed by atoms with Crippen LogP contribution in [0.4, 0.5) is 13.6 Å². The third-order valence-corrected chi connectivity index (χ3v) is 7.42. The minimum absolute atomic E-state index is 0.0183. The van der Waals surface area contributed by atoms with E-state index in [-0.39, 0.29) is 25.1 Å². The van der Waals surface area contributed by atoms with E-state index in [1.54, 1.807) is 20.8 Å². The summed E-state index contributed by atoms with van der Waals surface area (Å²) in [5.41, 5.74) is 1.33. The highest BCUT2D eigenvalue weighted by Gasteiger charge is 2.48. The monoisotopic (exact) mass is 562 g/mol. The van der Waals surface area contributed by atoms with Crippen LogP contribution in [0, 0.1) is 25.5 Å². The van der Waals surface area contributed by atoms with Crippen molar-refractivity contribution in [2.24, 2.45) is 0 Å². The van der Waals surface area contributed by atoms with Crippen molar-refractivity contribution in [1.29, 1.82) is 0 Å². The highest BCUT2D eigenvalue weighted by atomic mass is 79.9. The summed E-state index contributed by atoms with van der Waals surface area (Å²) >= 11 is 3.60. The number of aliphatic hydroxyl groups is 1. The fourth-order valence-electron chi connectivity index (χ4n) is 4.53. The van der Waals surface area contributed by atoms with E-state index in [2.05, 4.69) is 21.1 Å². The number of amides is 1. The second-order valence-corrected chi connectivity index (χ2v) is 11.0. The maximum Gasteiger partial charge on any atom is 0.410 e. The minimum atomic E-state index is -1.66. The first kappa shape index (κ1) is 26.3. The molecular weight excluding hydrogens is 534 g/mol. The van der Waals surface area contributed by atoms with Gasteiger partial charge in [0, 0.05) is 18.7 Å². The first-order chi connectivity index (χ1) is 16.8. The normalized spacial score (nSPS) is 20.5. The van der Waals surface area contributed by atoms with Crippen molar-refractivity contribution in [3.8, 4) is 11.3 Å². The number of rotatable bonds is 3. The number of piperidine rings is 1. The van der Waals surface area contributed by atoms with E-state index < -0.39 is 34.8 Å². The van der Waals surface area contributed by atoms with Crippen molar-refractivity contribution in [2.45, 2.75) is 58.2 Å². The first-order valence-corrected chi connectivity index (χ1v) is 12.5. The van der Waals surface area contributed by atoms with Crippen molar-refractivity contribution in [1.82, 2.24) is 10.1 Å². The van der Waals surface area contributed by atoms with Crippen molar-refractivity contribution >= 4 is 22.0 Å². The fourth-order valence-corrected chi connectivity index (χ4v) is 5.16. The lowest BCUT2D eigenvalue weighted by molar-refractivity contribution is -0.0590. The van der Waals surface area contributed by atoms with Gasteiger partial charge in [0.15, 0.2) is 17.4 Å². The van der Waals surface area contributed by atoms with Gasteiger partial charge in [0.2, 0.25) is 0 Å². The summed E-state index contributed by atoms with van der Waals surface area (Å²) in [6.45, 7) is 9.46. The zero-order valence-corrected chi connectivity index (χ0v) is 22.4. The molecule has 2 atom stereocenters. The van der Waals surface area contributed by atoms with Crippen molar-refractivity contribution in [2.75, 3.05) is 13.1 Å². The van der Waals surface area contributed by atoms with E-state index in [9.17, 15) is 18.7 Å². The first-order valence-electron chi connectivity index (χ1n) is 11.7. The molecule has 36 heavy (non-hydrogen) atoms. The molecule has 0 spiro atoms. The number of aryl methyl sites for hydroxylation is 1. The van der Waals surface area contributed by atoms with E-state index >= 15 is 0 Å². The highest BCUT2D eigenvalue weighted by molar-refractivity contribution is 9.10. The van der Waals surface area contributed by atoms with Gasteiger partial charge in [-0.05, 0) is 85.8 Å². The second kappa shape index (κ2) is 9.59. The van der Waals surface area contributed by atoms with Gasteiger partial charge >= 0.3 is 6.09 Å². The Labute approximate surface area is 217 Å². The number of aromatic nitrogens is 1. The number of benzene rings is 2. The SMILES string of the molecule is Cc1cccc(-c2noc([C@H]3CN(C(=O)OC(C)(C)C)CC[C@]3(O)c3ccc(F)c(F)c3)c2Br)c1C. The molecule has 2 heterocycles. The maximum atomic E-state index is 14.2. The topological polar surface area (TPSA) is 75.8 Å². The highest BCUT2D eigenvalue weighted by Crippen LogP contribution is 2.48. The molecule has 0 unspecified atom stereocenters. The predicted molar refractivity (Wildman–Crippen MR) is 135 cm³/mol. The Balaban J connectivity index is 1.80. The molecule has 0 saturated carbocycles. The zero-order valence-electron chi connectivity index (χ0n) is 20.9. The van der Waals surface area contributed by atoms with E-state index in [0.29, 0.717) is 15.9 Å². The summed E-state index contributed by atoms with van der Waals surface area (Å²) in [5.74, 6) is -2.62. The van der Waals surface area contributed by atoms with Gasteiger partial charge in [0.1, 0.15) is 16.9 Å². The van der Waals surface area contributed by atoms with Gasteiger partial charge < -0.3 is 19.3 Å². The van der Waals surface area contributed by atoms with Crippen LogP contribution in [0.2, 0.25) is 0 Å². The number of halogens is 3. The van der Waals surface area contributed by atoms with E-state index in [4.69, 9.17) is 9.26 Å². The number of carbonyl (C=O) groups excluding carboxylic acids is 1. The fraction of sp³-hybridized carbons (Fsp3) is 0.407. The molecule has 4 rings (SSSR count). The maximum absolute atomic E-state index is 14.2. The smallest absolute Gasteiger partial charge is 0.410 e. The standard InChI is InChI=1S/C27H29BrF2N2O4/c1-15-7-6-8-18(16(15)2)23-22(28)24(36-31-23)19-14-32(25(33)35-26(3,4)5)12-11-27(19,34)17-9-10-20(29)21(30)13-17/h6-10,13,19,34H,11-12,14H2,1-5H3/t19-,27+/m1/s1. The number of ether oxygens (including phenoxy) is 1. The van der Waals surface area contributed by atoms with Crippen LogP contribution in [0.5, 0.6) is 0 Å². The molecule has 2 aromatic carbocycles. The molecule has 9 heteroatoms. The molecule has 0 radical (unpaired) electrons. The lowest BCUT2D eigenvalue weighted by Gasteiger charge is -2.44. The number of hydrogen-bond donors (Lipinski definition) is 1. The summed E-state index contributed by atoms with van der Waals surface area (Å²) in [5, 5.41) is 16.2. The molecule has 1 aliphatic rings. The van der Waals surface area contributed by atoms with Crippen LogP contribution in [-0.4, -0.2) is 39.9 Å². The molecule has 0 aliphatic carbocycles. The number of carbonyl (C=O) groups is 1. The third-order valence-electron chi connectivity index (χ3n) is 6.65. The molecule has 192 valence electrons. The summed E-state index contributed by atoms with van der Waals surface area (Å²) in [6, 6.07) is 9.16. The van der Waals surface area contributed by atoms with Crippen molar-refractivity contribution in [3.63, 3.8) is 0 Å². The van der Waals surface area contributed by atoms with Gasteiger partial charge in [-0.15, -0.1) is 0 Å². The lowest BCUT2D eigenvalue weighted by atomic mass is 9.74. The second-order valence-electron chi connectivity index (χ2n) is 10.2. The molecule has 1 saturated heterocycles. The molecule has 0 bridgehead atoms. The zero-order chi connectivity index (χ0) is 26.4. The third kappa shape index (κ3) is 4.91. The minimum Gasteiger partial charge on any atom is -0.444 e. The molecule has 6 nitrogen and oxygen atoms in total. The molecule has 1 fully saturated rings. The van der Waals surface area contributed by atoms with Gasteiger partial charge in [-0.1, -0.05) is 29.4 Å². The molecule has 1 amide bonds. The van der Waals surface area contributed by atoms with E-state index in [1.165, 1.54) is 11.0 Å². The van der Waals surface area contributed by atoms with Crippen LogP contribution in [-0.2, 0) is 10.3 Å². The van der Waals surface area contributed by atoms with E-state index in [0.717, 1.165) is 28.8 Å². The molecule has 1 aromatic heterocycles. The summed E-state index contributed by atoms with van der Waals surface area (Å²) in [7, 11) is 0. The summed E-state index contributed by atoms with van der Waals surface area (Å²) < 4.78 is 39.7. The van der Waals surface area contributed by atoms with Crippen LogP contribution in [0.25, 0.3) is 11.3 Å². The average Bonchev–Trinajstić information content (AvgIpc) is 3.17. The van der Waals surface area contributed by atoms with Crippen molar-refractivity contribution < 1.29 is 27.9 Å². The van der Waals surface area contributed by atoms with Crippen LogP contribution in [0.3, 0.4) is 0 Å². The predicted octanol–water partition coefficient (Wildman–Crippen LogP) is 6.61. The number of likely N-dealkylation sites (tertiary alicyclic amines) is 1. The summed E-state index contributed by atoms with van der Waals surface area (Å²) in [4.78, 5) is 14.4. The Morgan fingerprint density at radius 2 is 1.94 bits per heavy atom. The van der Waals surface area contributed by atoms with Gasteiger partial charge in [-0.25, -0.2) is 13.6 Å². The van der Waals surface area contributed by atoms with Crippen LogP contribution in [0.15, 0.2) is 45.4 Å². The Kier molecular flexibility index (Phi) is 7.00. The summed E-state index contributed by atoms with van der Waals surface area (Å²) in [6.07, 6.45) is -0.487. The van der Waals surface area contributed by atoms with Gasteiger partial charge in [-0.3, -0.25) is 0 Å².